The van der Waals surface area contributed by atoms with Crippen molar-refractivity contribution in [3.8, 4) is 11.4 Å². The molecule has 0 aliphatic rings. The molecule has 0 atom stereocenters. The van der Waals surface area contributed by atoms with Crippen LogP contribution >= 0.6 is 0 Å². The average molecular weight is 303 g/mol. The second-order valence-corrected chi connectivity index (χ2v) is 5.10. The van der Waals surface area contributed by atoms with Crippen molar-refractivity contribution in [1.29, 1.82) is 0 Å². The number of oxime groups is 1. The molecule has 0 aliphatic heterocycles. The fraction of sp³-hybridized carbons (Fsp3) is 0. The lowest BCUT2D eigenvalue weighted by Gasteiger charge is -2.08. The molecule has 0 amide bonds. The first-order chi connectivity index (χ1) is 11.3. The highest BCUT2D eigenvalue weighted by Gasteiger charge is 2.06. The summed E-state index contributed by atoms with van der Waals surface area (Å²) in [6.07, 6.45) is 8.61. The minimum atomic E-state index is 0.803. The number of aromatic nitrogens is 4. The summed E-state index contributed by atoms with van der Waals surface area (Å²) >= 11 is 0. The van der Waals surface area contributed by atoms with Gasteiger partial charge in [0, 0.05) is 23.8 Å². The Hall–Kier alpha value is -3.41. The molecule has 0 radical (unpaired) electrons. The molecule has 0 aliphatic carbocycles. The van der Waals surface area contributed by atoms with E-state index in [0.29, 0.717) is 0 Å². The predicted molar refractivity (Wildman–Crippen MR) is 87.6 cm³/mol. The highest BCUT2D eigenvalue weighted by molar-refractivity contribution is 5.87. The lowest BCUT2D eigenvalue weighted by Crippen LogP contribution is -1.95. The van der Waals surface area contributed by atoms with E-state index in [1.54, 1.807) is 18.9 Å². The zero-order valence-corrected chi connectivity index (χ0v) is 12.1. The summed E-state index contributed by atoms with van der Waals surface area (Å²) in [4.78, 5) is 8.51. The predicted octanol–water partition coefficient (Wildman–Crippen LogP) is 3.02. The minimum absolute atomic E-state index is 0.803. The van der Waals surface area contributed by atoms with Crippen molar-refractivity contribution in [2.45, 2.75) is 0 Å². The molecule has 23 heavy (non-hydrogen) atoms. The van der Waals surface area contributed by atoms with E-state index in [1.807, 2.05) is 51.7 Å². The van der Waals surface area contributed by atoms with Crippen molar-refractivity contribution < 1.29 is 5.21 Å². The van der Waals surface area contributed by atoms with Gasteiger partial charge in [-0.05, 0) is 35.9 Å². The molecule has 6 heteroatoms. The first-order valence-electron chi connectivity index (χ1n) is 7.08. The van der Waals surface area contributed by atoms with Gasteiger partial charge in [-0.2, -0.15) is 0 Å². The van der Waals surface area contributed by atoms with Crippen molar-refractivity contribution >= 4 is 17.2 Å². The molecule has 2 heterocycles. The molecule has 4 aromatic rings. The Morgan fingerprint density at radius 2 is 1.96 bits per heavy atom. The van der Waals surface area contributed by atoms with Gasteiger partial charge in [-0.1, -0.05) is 17.3 Å². The number of hydrogen-bond acceptors (Lipinski definition) is 4. The molecular formula is C17H13N5O. The van der Waals surface area contributed by atoms with Gasteiger partial charge in [0.05, 0.1) is 23.6 Å². The molecule has 0 saturated carbocycles. The Labute approximate surface area is 132 Å². The van der Waals surface area contributed by atoms with E-state index >= 15 is 0 Å². The SMILES string of the molecule is ON=Cc1ccc2c(c1)ncn2-c1cccc(-n2ccnc2)c1. The largest absolute Gasteiger partial charge is 0.411 e. The van der Waals surface area contributed by atoms with Gasteiger partial charge in [0.15, 0.2) is 0 Å². The second kappa shape index (κ2) is 5.42. The van der Waals surface area contributed by atoms with E-state index in [2.05, 4.69) is 21.2 Å². The topological polar surface area (TPSA) is 68.2 Å². The number of fused-ring (bicyclic) bond motifs is 1. The molecule has 112 valence electrons. The second-order valence-electron chi connectivity index (χ2n) is 5.10. The summed E-state index contributed by atoms with van der Waals surface area (Å²) in [5.74, 6) is 0. The zero-order chi connectivity index (χ0) is 15.6. The Morgan fingerprint density at radius 3 is 2.78 bits per heavy atom. The van der Waals surface area contributed by atoms with E-state index in [4.69, 9.17) is 5.21 Å². The molecule has 0 spiro atoms. The maximum atomic E-state index is 8.63. The Morgan fingerprint density at radius 1 is 1.04 bits per heavy atom. The molecule has 0 bridgehead atoms. The standard InChI is InChI=1S/C17H13N5O/c23-20-10-13-4-5-17-16(8-13)19-12-22(17)15-3-1-2-14(9-15)21-7-6-18-11-21/h1-12,23H. The van der Waals surface area contributed by atoms with Crippen molar-refractivity contribution in [1.82, 2.24) is 19.1 Å². The van der Waals surface area contributed by atoms with Crippen LogP contribution in [0.3, 0.4) is 0 Å². The van der Waals surface area contributed by atoms with E-state index in [-0.39, 0.29) is 0 Å². The maximum Gasteiger partial charge on any atom is 0.100 e. The van der Waals surface area contributed by atoms with Crippen LogP contribution in [-0.2, 0) is 0 Å². The summed E-state index contributed by atoms with van der Waals surface area (Å²) in [6.45, 7) is 0. The maximum absolute atomic E-state index is 8.63. The molecule has 2 aromatic carbocycles. The fourth-order valence-electron chi connectivity index (χ4n) is 2.60. The van der Waals surface area contributed by atoms with Gasteiger partial charge in [-0.25, -0.2) is 9.97 Å². The molecule has 1 N–H and O–H groups in total. The van der Waals surface area contributed by atoms with Crippen LogP contribution in [0.5, 0.6) is 0 Å². The highest BCUT2D eigenvalue weighted by atomic mass is 16.4. The molecule has 0 saturated heterocycles. The van der Waals surface area contributed by atoms with Crippen LogP contribution in [0.25, 0.3) is 22.4 Å². The van der Waals surface area contributed by atoms with Gasteiger partial charge in [-0.15, -0.1) is 0 Å². The first kappa shape index (κ1) is 13.3. The van der Waals surface area contributed by atoms with Crippen molar-refractivity contribution in [3.05, 3.63) is 73.1 Å². The van der Waals surface area contributed by atoms with Gasteiger partial charge in [-0.3, -0.25) is 4.57 Å². The van der Waals surface area contributed by atoms with Crippen LogP contribution in [0, 0.1) is 0 Å². The molecule has 0 unspecified atom stereocenters. The summed E-state index contributed by atoms with van der Waals surface area (Å²) in [7, 11) is 0. The van der Waals surface area contributed by atoms with Gasteiger partial charge in [0.1, 0.15) is 6.33 Å². The normalized spacial score (nSPS) is 11.5. The molecule has 0 fully saturated rings. The molecular weight excluding hydrogens is 290 g/mol. The summed E-state index contributed by atoms with van der Waals surface area (Å²) in [6, 6.07) is 13.9. The number of hydrogen-bond donors (Lipinski definition) is 1. The first-order valence-corrected chi connectivity index (χ1v) is 7.08. The van der Waals surface area contributed by atoms with Crippen molar-refractivity contribution in [2.75, 3.05) is 0 Å². The third-order valence-electron chi connectivity index (χ3n) is 3.69. The van der Waals surface area contributed by atoms with Crippen LogP contribution in [0.1, 0.15) is 5.56 Å². The zero-order valence-electron chi connectivity index (χ0n) is 12.1. The molecule has 6 nitrogen and oxygen atoms in total. The van der Waals surface area contributed by atoms with Gasteiger partial charge in [0.2, 0.25) is 0 Å². The smallest absolute Gasteiger partial charge is 0.100 e. The summed E-state index contributed by atoms with van der Waals surface area (Å²) < 4.78 is 3.98. The monoisotopic (exact) mass is 303 g/mol. The number of nitrogens with zero attached hydrogens (tertiary/aromatic N) is 5. The van der Waals surface area contributed by atoms with Crippen molar-refractivity contribution in [2.24, 2.45) is 5.16 Å². The molecule has 4 rings (SSSR count). The van der Waals surface area contributed by atoms with E-state index in [9.17, 15) is 0 Å². The Balaban J connectivity index is 1.82. The van der Waals surface area contributed by atoms with Crippen molar-refractivity contribution in [3.63, 3.8) is 0 Å². The summed E-state index contributed by atoms with van der Waals surface area (Å²) in [5, 5.41) is 11.7. The lowest BCUT2D eigenvalue weighted by atomic mass is 10.2. The van der Waals surface area contributed by atoms with Crippen LogP contribution in [0.15, 0.2) is 72.7 Å². The van der Waals surface area contributed by atoms with Crippen LogP contribution < -0.4 is 0 Å². The van der Waals surface area contributed by atoms with E-state index in [1.165, 1.54) is 6.21 Å². The van der Waals surface area contributed by atoms with E-state index < -0.39 is 0 Å². The quantitative estimate of drug-likeness (QED) is 0.359. The Bertz CT molecular complexity index is 985. The summed E-state index contributed by atoms with van der Waals surface area (Å²) in [5.41, 5.74) is 4.68. The van der Waals surface area contributed by atoms with Gasteiger partial charge in [0.25, 0.3) is 0 Å². The lowest BCUT2D eigenvalue weighted by molar-refractivity contribution is 0.322. The molecule has 2 aromatic heterocycles. The third kappa shape index (κ3) is 2.36. The minimum Gasteiger partial charge on any atom is -0.411 e. The van der Waals surface area contributed by atoms with Gasteiger partial charge < -0.3 is 9.77 Å². The Kier molecular flexibility index (Phi) is 3.12. The number of benzene rings is 2. The third-order valence-corrected chi connectivity index (χ3v) is 3.69. The number of rotatable bonds is 3. The average Bonchev–Trinajstić information content (AvgIpc) is 3.25. The van der Waals surface area contributed by atoms with Crippen LogP contribution in [-0.4, -0.2) is 30.5 Å². The van der Waals surface area contributed by atoms with E-state index in [0.717, 1.165) is 28.0 Å². The fourth-order valence-corrected chi connectivity index (χ4v) is 2.60. The van der Waals surface area contributed by atoms with Crippen LogP contribution in [0.4, 0.5) is 0 Å². The highest BCUT2D eigenvalue weighted by Crippen LogP contribution is 2.21. The number of imidazole rings is 2. The van der Waals surface area contributed by atoms with Gasteiger partial charge >= 0.3 is 0 Å². The van der Waals surface area contributed by atoms with Crippen LogP contribution in [0.2, 0.25) is 0 Å².